The van der Waals surface area contributed by atoms with Gasteiger partial charge in [0.05, 0.1) is 17.3 Å². The highest BCUT2D eigenvalue weighted by atomic mass is 32.2. The van der Waals surface area contributed by atoms with Crippen molar-refractivity contribution in [3.63, 3.8) is 0 Å². The van der Waals surface area contributed by atoms with E-state index in [0.717, 1.165) is 29.4 Å². The normalized spacial score (nSPS) is 25.4. The molecule has 31 heavy (non-hydrogen) atoms. The molecule has 0 N–H and O–H groups in total. The summed E-state index contributed by atoms with van der Waals surface area (Å²) in [6.45, 7) is 2.27. The molecule has 0 aromatic carbocycles. The Bertz CT molecular complexity index is 1020. The topological polar surface area (TPSA) is 98.1 Å². The van der Waals surface area contributed by atoms with Gasteiger partial charge in [-0.3, -0.25) is 14.3 Å². The number of nitrogens with zero attached hydrogens (tertiary/aromatic N) is 5. The number of rotatable bonds is 6. The van der Waals surface area contributed by atoms with Crippen LogP contribution in [0.25, 0.3) is 11.4 Å². The molecular weight excluding hydrogens is 434 g/mol. The molecule has 1 aliphatic carbocycles. The number of amides is 1. The molecule has 1 saturated carbocycles. The molecular formula is C21H29N5O3S2. The summed E-state index contributed by atoms with van der Waals surface area (Å²) in [5.41, 5.74) is 0.916. The van der Waals surface area contributed by atoms with Crippen LogP contribution in [0.2, 0.25) is 0 Å². The third-order valence-electron chi connectivity index (χ3n) is 6.46. The lowest BCUT2D eigenvalue weighted by molar-refractivity contribution is -0.128. The molecule has 1 saturated heterocycles. The molecule has 3 atom stereocenters. The van der Waals surface area contributed by atoms with E-state index in [1.54, 1.807) is 24.3 Å². The van der Waals surface area contributed by atoms with Gasteiger partial charge >= 0.3 is 0 Å². The van der Waals surface area contributed by atoms with Crippen molar-refractivity contribution >= 4 is 27.5 Å². The molecule has 0 unspecified atom stereocenters. The van der Waals surface area contributed by atoms with E-state index in [0.29, 0.717) is 12.3 Å². The van der Waals surface area contributed by atoms with Crippen LogP contribution in [0.1, 0.15) is 45.1 Å². The second-order valence-electron chi connectivity index (χ2n) is 8.60. The van der Waals surface area contributed by atoms with Crippen molar-refractivity contribution in [2.24, 2.45) is 5.92 Å². The quantitative estimate of drug-likeness (QED) is 0.608. The molecule has 10 heteroatoms. The Kier molecular flexibility index (Phi) is 6.66. The van der Waals surface area contributed by atoms with Gasteiger partial charge in [-0.1, -0.05) is 31.5 Å². The molecule has 2 fully saturated rings. The number of hydrogen-bond donors (Lipinski definition) is 0. The summed E-state index contributed by atoms with van der Waals surface area (Å²) < 4.78 is 25.7. The molecule has 3 heterocycles. The maximum atomic E-state index is 12.8. The van der Waals surface area contributed by atoms with Crippen LogP contribution in [-0.2, 0) is 14.6 Å². The van der Waals surface area contributed by atoms with Crippen LogP contribution >= 0.6 is 11.8 Å². The highest BCUT2D eigenvalue weighted by Gasteiger charge is 2.33. The van der Waals surface area contributed by atoms with E-state index in [1.165, 1.54) is 24.6 Å². The van der Waals surface area contributed by atoms with Gasteiger partial charge in [0.25, 0.3) is 0 Å². The SMILES string of the molecule is C[C@H]1CCCC[C@@H]1n1c(SCC(=O)N(C)[C@@H]2CCS(=O)(=O)C2)nnc1-c1cccnc1. The molecule has 1 amide bonds. The monoisotopic (exact) mass is 463 g/mol. The Labute approximate surface area is 187 Å². The average Bonchev–Trinajstić information content (AvgIpc) is 3.35. The van der Waals surface area contributed by atoms with E-state index in [1.807, 2.05) is 12.1 Å². The van der Waals surface area contributed by atoms with Gasteiger partial charge in [0.1, 0.15) is 0 Å². The Balaban J connectivity index is 1.54. The fraction of sp³-hybridized carbons (Fsp3) is 0.619. The van der Waals surface area contributed by atoms with Crippen molar-refractivity contribution < 1.29 is 13.2 Å². The number of hydrogen-bond acceptors (Lipinski definition) is 7. The van der Waals surface area contributed by atoms with Crippen molar-refractivity contribution in [2.45, 2.75) is 56.3 Å². The van der Waals surface area contributed by atoms with Gasteiger partial charge in [-0.25, -0.2) is 8.42 Å². The standard InChI is InChI=1S/C21H29N5O3S2/c1-15-6-3-4-8-18(15)26-20(16-7-5-10-22-12-16)23-24-21(26)30-13-19(27)25(2)17-9-11-31(28,29)14-17/h5,7,10,12,15,17-18H,3-4,6,8-9,11,13-14H2,1-2H3/t15-,17+,18-/m0/s1. The van der Waals surface area contributed by atoms with Crippen LogP contribution in [-0.4, -0.2) is 69.3 Å². The Morgan fingerprint density at radius 3 is 2.74 bits per heavy atom. The minimum atomic E-state index is -3.03. The zero-order valence-corrected chi connectivity index (χ0v) is 19.6. The fourth-order valence-corrected chi connectivity index (χ4v) is 7.25. The van der Waals surface area contributed by atoms with E-state index in [2.05, 4.69) is 26.7 Å². The Hall–Kier alpha value is -1.94. The van der Waals surface area contributed by atoms with Gasteiger partial charge in [-0.2, -0.15) is 0 Å². The van der Waals surface area contributed by atoms with Crippen molar-refractivity contribution in [3.8, 4) is 11.4 Å². The third-order valence-corrected chi connectivity index (χ3v) is 9.13. The Morgan fingerprint density at radius 1 is 1.26 bits per heavy atom. The average molecular weight is 464 g/mol. The van der Waals surface area contributed by atoms with Gasteiger partial charge in [0, 0.05) is 37.1 Å². The maximum absolute atomic E-state index is 12.8. The summed E-state index contributed by atoms with van der Waals surface area (Å²) >= 11 is 1.38. The summed E-state index contributed by atoms with van der Waals surface area (Å²) in [5.74, 6) is 1.63. The second-order valence-corrected chi connectivity index (χ2v) is 11.8. The molecule has 0 spiro atoms. The second kappa shape index (κ2) is 9.28. The van der Waals surface area contributed by atoms with E-state index >= 15 is 0 Å². The molecule has 168 valence electrons. The van der Waals surface area contributed by atoms with Crippen molar-refractivity contribution in [3.05, 3.63) is 24.5 Å². The van der Waals surface area contributed by atoms with Crippen LogP contribution in [0.5, 0.6) is 0 Å². The van der Waals surface area contributed by atoms with E-state index in [9.17, 15) is 13.2 Å². The lowest BCUT2D eigenvalue weighted by atomic mass is 9.85. The molecule has 4 rings (SSSR count). The first kappa shape index (κ1) is 22.3. The van der Waals surface area contributed by atoms with Crippen molar-refractivity contribution in [2.75, 3.05) is 24.3 Å². The number of sulfone groups is 1. The van der Waals surface area contributed by atoms with Crippen molar-refractivity contribution in [1.29, 1.82) is 0 Å². The minimum absolute atomic E-state index is 0.0564. The molecule has 1 aliphatic heterocycles. The van der Waals surface area contributed by atoms with Crippen LogP contribution in [0.15, 0.2) is 29.7 Å². The predicted molar refractivity (Wildman–Crippen MR) is 120 cm³/mol. The fourth-order valence-electron chi connectivity index (χ4n) is 4.56. The van der Waals surface area contributed by atoms with Gasteiger partial charge in [0.15, 0.2) is 20.8 Å². The zero-order valence-electron chi connectivity index (χ0n) is 18.0. The predicted octanol–water partition coefficient (Wildman–Crippen LogP) is 2.83. The lowest BCUT2D eigenvalue weighted by Crippen LogP contribution is -2.38. The van der Waals surface area contributed by atoms with Crippen LogP contribution < -0.4 is 0 Å². The minimum Gasteiger partial charge on any atom is -0.341 e. The number of pyridine rings is 1. The molecule has 2 aliphatic rings. The number of thioether (sulfide) groups is 1. The number of aromatic nitrogens is 4. The molecule has 2 aromatic heterocycles. The highest BCUT2D eigenvalue weighted by Crippen LogP contribution is 2.39. The van der Waals surface area contributed by atoms with Gasteiger partial charge < -0.3 is 4.90 Å². The smallest absolute Gasteiger partial charge is 0.233 e. The van der Waals surface area contributed by atoms with Crippen LogP contribution in [0, 0.1) is 5.92 Å². The summed E-state index contributed by atoms with van der Waals surface area (Å²) in [4.78, 5) is 18.6. The number of carbonyl (C=O) groups is 1. The maximum Gasteiger partial charge on any atom is 0.233 e. The molecule has 0 radical (unpaired) electrons. The summed E-state index contributed by atoms with van der Waals surface area (Å²) in [5, 5.41) is 9.63. The zero-order chi connectivity index (χ0) is 22.0. The van der Waals surface area contributed by atoms with E-state index in [-0.39, 0.29) is 35.2 Å². The molecule has 2 aromatic rings. The van der Waals surface area contributed by atoms with Gasteiger partial charge in [-0.05, 0) is 37.3 Å². The lowest BCUT2D eigenvalue weighted by Gasteiger charge is -2.31. The number of carbonyl (C=O) groups excluding carboxylic acids is 1. The van der Waals surface area contributed by atoms with E-state index in [4.69, 9.17) is 0 Å². The summed E-state index contributed by atoms with van der Waals surface area (Å²) in [7, 11) is -1.33. The van der Waals surface area contributed by atoms with Gasteiger partial charge in [0.2, 0.25) is 5.91 Å². The molecule has 8 nitrogen and oxygen atoms in total. The Morgan fingerprint density at radius 2 is 2.06 bits per heavy atom. The van der Waals surface area contributed by atoms with E-state index < -0.39 is 9.84 Å². The van der Waals surface area contributed by atoms with Crippen LogP contribution in [0.4, 0.5) is 0 Å². The molecule has 0 bridgehead atoms. The van der Waals surface area contributed by atoms with Crippen LogP contribution in [0.3, 0.4) is 0 Å². The van der Waals surface area contributed by atoms with Crippen molar-refractivity contribution in [1.82, 2.24) is 24.6 Å². The first-order chi connectivity index (χ1) is 14.9. The third kappa shape index (κ3) is 4.95. The highest BCUT2D eigenvalue weighted by molar-refractivity contribution is 7.99. The first-order valence-corrected chi connectivity index (χ1v) is 13.6. The first-order valence-electron chi connectivity index (χ1n) is 10.8. The largest absolute Gasteiger partial charge is 0.341 e. The van der Waals surface area contributed by atoms with Gasteiger partial charge in [-0.15, -0.1) is 10.2 Å². The summed E-state index contributed by atoms with van der Waals surface area (Å²) in [6, 6.07) is 3.92. The summed E-state index contributed by atoms with van der Waals surface area (Å²) in [6.07, 6.45) is 8.67.